The third-order valence-corrected chi connectivity index (χ3v) is 5.18. The predicted octanol–water partition coefficient (Wildman–Crippen LogP) is 2.76. The molecule has 1 amide bonds. The number of carbonyl (C=O) groups is 1. The Hall–Kier alpha value is -2.06. The van der Waals surface area contributed by atoms with Crippen LogP contribution in [-0.2, 0) is 13.1 Å². The van der Waals surface area contributed by atoms with Gasteiger partial charge < -0.3 is 14.8 Å². The number of amides is 1. The summed E-state index contributed by atoms with van der Waals surface area (Å²) in [5.41, 5.74) is 0.210. The summed E-state index contributed by atoms with van der Waals surface area (Å²) in [6.07, 6.45) is -0.945. The molecule has 4 rings (SSSR count). The zero-order chi connectivity index (χ0) is 18.1. The third kappa shape index (κ3) is 3.96. The SMILES string of the molecule is Cl.O=C(c1cccc(C(F)F)c1)N1CCC(c2nnc3n2CCNC3)CC1. The molecular formula is C18H22ClF2N5O. The van der Waals surface area contributed by atoms with Gasteiger partial charge in [0.25, 0.3) is 12.3 Å². The Bertz CT molecular complexity index is 805. The average molecular weight is 398 g/mol. The van der Waals surface area contributed by atoms with E-state index in [4.69, 9.17) is 0 Å². The topological polar surface area (TPSA) is 63.1 Å². The van der Waals surface area contributed by atoms with Crippen molar-refractivity contribution in [2.45, 2.75) is 38.3 Å². The predicted molar refractivity (Wildman–Crippen MR) is 98.3 cm³/mol. The number of piperidine rings is 1. The maximum Gasteiger partial charge on any atom is 0.263 e. The molecule has 1 aromatic carbocycles. The summed E-state index contributed by atoms with van der Waals surface area (Å²) in [5, 5.41) is 11.9. The van der Waals surface area contributed by atoms with E-state index in [1.54, 1.807) is 11.0 Å². The molecule has 0 radical (unpaired) electrons. The van der Waals surface area contributed by atoms with Crippen molar-refractivity contribution in [3.8, 4) is 0 Å². The fourth-order valence-corrected chi connectivity index (χ4v) is 3.75. The Morgan fingerprint density at radius 3 is 2.70 bits per heavy atom. The lowest BCUT2D eigenvalue weighted by molar-refractivity contribution is 0.0709. The molecule has 1 saturated heterocycles. The molecule has 0 bridgehead atoms. The Labute approximate surface area is 162 Å². The first-order valence-electron chi connectivity index (χ1n) is 8.93. The first-order chi connectivity index (χ1) is 12.6. The zero-order valence-corrected chi connectivity index (χ0v) is 15.6. The molecule has 9 heteroatoms. The maximum atomic E-state index is 12.9. The van der Waals surface area contributed by atoms with Crippen LogP contribution in [0.15, 0.2) is 24.3 Å². The lowest BCUT2D eigenvalue weighted by atomic mass is 9.95. The van der Waals surface area contributed by atoms with Gasteiger partial charge in [-0.15, -0.1) is 22.6 Å². The smallest absolute Gasteiger partial charge is 0.263 e. The van der Waals surface area contributed by atoms with E-state index in [0.29, 0.717) is 18.7 Å². The number of rotatable bonds is 3. The molecule has 6 nitrogen and oxygen atoms in total. The van der Waals surface area contributed by atoms with Crippen molar-refractivity contribution >= 4 is 18.3 Å². The lowest BCUT2D eigenvalue weighted by Crippen LogP contribution is -2.39. The molecule has 3 heterocycles. The quantitative estimate of drug-likeness (QED) is 0.865. The largest absolute Gasteiger partial charge is 0.339 e. The molecule has 0 atom stereocenters. The molecule has 1 aromatic heterocycles. The van der Waals surface area contributed by atoms with Crippen LogP contribution in [-0.4, -0.2) is 45.2 Å². The fourth-order valence-electron chi connectivity index (χ4n) is 3.75. The van der Waals surface area contributed by atoms with E-state index >= 15 is 0 Å². The van der Waals surface area contributed by atoms with Crippen molar-refractivity contribution < 1.29 is 13.6 Å². The van der Waals surface area contributed by atoms with Crippen molar-refractivity contribution in [2.24, 2.45) is 0 Å². The summed E-state index contributed by atoms with van der Waals surface area (Å²) in [6, 6.07) is 5.75. The van der Waals surface area contributed by atoms with Crippen LogP contribution in [0.3, 0.4) is 0 Å². The molecule has 1 N–H and O–H groups in total. The van der Waals surface area contributed by atoms with Crippen LogP contribution in [0, 0.1) is 0 Å². The fraction of sp³-hybridized carbons (Fsp3) is 0.500. The van der Waals surface area contributed by atoms with Gasteiger partial charge in [0.1, 0.15) is 11.6 Å². The highest BCUT2D eigenvalue weighted by Gasteiger charge is 2.29. The zero-order valence-electron chi connectivity index (χ0n) is 14.8. The summed E-state index contributed by atoms with van der Waals surface area (Å²) < 4.78 is 27.9. The molecule has 0 spiro atoms. The molecule has 0 aliphatic carbocycles. The molecule has 2 aliphatic rings. The normalized spacial score (nSPS) is 17.5. The van der Waals surface area contributed by atoms with Crippen LogP contribution in [0.5, 0.6) is 0 Å². The van der Waals surface area contributed by atoms with Gasteiger partial charge in [0.2, 0.25) is 0 Å². The molecule has 2 aromatic rings. The number of nitrogens with one attached hydrogen (secondary N) is 1. The molecule has 2 aliphatic heterocycles. The number of halogens is 3. The summed E-state index contributed by atoms with van der Waals surface area (Å²) in [7, 11) is 0. The van der Waals surface area contributed by atoms with Gasteiger partial charge in [-0.05, 0) is 25.0 Å². The molecule has 27 heavy (non-hydrogen) atoms. The second-order valence-electron chi connectivity index (χ2n) is 6.80. The highest BCUT2D eigenvalue weighted by molar-refractivity contribution is 5.94. The van der Waals surface area contributed by atoms with Crippen molar-refractivity contribution in [1.29, 1.82) is 0 Å². The van der Waals surface area contributed by atoms with Gasteiger partial charge in [0.15, 0.2) is 0 Å². The van der Waals surface area contributed by atoms with Gasteiger partial charge in [-0.2, -0.15) is 0 Å². The van der Waals surface area contributed by atoms with Crippen LogP contribution in [0.2, 0.25) is 0 Å². The van der Waals surface area contributed by atoms with Crippen LogP contribution >= 0.6 is 12.4 Å². The molecule has 0 unspecified atom stereocenters. The van der Waals surface area contributed by atoms with E-state index in [1.807, 2.05) is 0 Å². The molecule has 1 fully saturated rings. The number of hydrogen-bond acceptors (Lipinski definition) is 4. The first kappa shape index (κ1) is 19.7. The number of carbonyl (C=O) groups excluding carboxylic acids is 1. The Balaban J connectivity index is 0.00000210. The highest BCUT2D eigenvalue weighted by Crippen LogP contribution is 2.29. The van der Waals surface area contributed by atoms with E-state index in [2.05, 4.69) is 20.1 Å². The van der Waals surface area contributed by atoms with Gasteiger partial charge in [-0.1, -0.05) is 12.1 Å². The van der Waals surface area contributed by atoms with E-state index in [-0.39, 0.29) is 29.8 Å². The summed E-state index contributed by atoms with van der Waals surface area (Å²) in [4.78, 5) is 14.4. The minimum atomic E-state index is -2.57. The number of aromatic nitrogens is 3. The van der Waals surface area contributed by atoms with E-state index < -0.39 is 6.43 Å². The number of fused-ring (bicyclic) bond motifs is 1. The number of nitrogens with zero attached hydrogens (tertiary/aromatic N) is 4. The molecule has 146 valence electrons. The van der Waals surface area contributed by atoms with Crippen LogP contribution < -0.4 is 5.32 Å². The van der Waals surface area contributed by atoms with Crippen molar-refractivity contribution in [3.63, 3.8) is 0 Å². The van der Waals surface area contributed by atoms with Crippen molar-refractivity contribution in [2.75, 3.05) is 19.6 Å². The maximum absolute atomic E-state index is 12.9. The standard InChI is InChI=1S/C18H21F2N5O.ClH/c19-16(20)13-2-1-3-14(10-13)18(26)24-7-4-12(5-8-24)17-23-22-15-11-21-6-9-25(15)17;/h1-3,10,12,16,21H,4-9,11H2;1H. The monoisotopic (exact) mass is 397 g/mol. The van der Waals surface area contributed by atoms with E-state index in [1.165, 1.54) is 18.2 Å². The third-order valence-electron chi connectivity index (χ3n) is 5.18. The van der Waals surface area contributed by atoms with Gasteiger partial charge in [-0.25, -0.2) is 8.78 Å². The summed E-state index contributed by atoms with van der Waals surface area (Å²) in [6.45, 7) is 3.73. The molecular weight excluding hydrogens is 376 g/mol. The van der Waals surface area contributed by atoms with Gasteiger partial charge in [0, 0.05) is 43.2 Å². The second-order valence-corrected chi connectivity index (χ2v) is 6.80. The van der Waals surface area contributed by atoms with Crippen LogP contribution in [0.25, 0.3) is 0 Å². The summed E-state index contributed by atoms with van der Waals surface area (Å²) in [5.74, 6) is 2.08. The second kappa shape index (κ2) is 8.31. The minimum absolute atomic E-state index is 0. The van der Waals surface area contributed by atoms with E-state index in [0.717, 1.165) is 44.1 Å². The van der Waals surface area contributed by atoms with Crippen molar-refractivity contribution in [3.05, 3.63) is 47.0 Å². The van der Waals surface area contributed by atoms with Crippen molar-refractivity contribution in [1.82, 2.24) is 25.0 Å². The highest BCUT2D eigenvalue weighted by atomic mass is 35.5. The minimum Gasteiger partial charge on any atom is -0.339 e. The molecule has 0 saturated carbocycles. The Kier molecular flexibility index (Phi) is 6.06. The number of benzene rings is 1. The number of likely N-dealkylation sites (tertiary alicyclic amines) is 1. The van der Waals surface area contributed by atoms with Crippen LogP contribution in [0.1, 0.15) is 52.8 Å². The first-order valence-corrected chi connectivity index (χ1v) is 8.93. The summed E-state index contributed by atoms with van der Waals surface area (Å²) >= 11 is 0. The van der Waals surface area contributed by atoms with Crippen LogP contribution in [0.4, 0.5) is 8.78 Å². The van der Waals surface area contributed by atoms with E-state index in [9.17, 15) is 13.6 Å². The number of alkyl halides is 2. The average Bonchev–Trinajstić information content (AvgIpc) is 3.12. The Morgan fingerprint density at radius 2 is 1.96 bits per heavy atom. The lowest BCUT2D eigenvalue weighted by Gasteiger charge is -2.32. The van der Waals surface area contributed by atoms with Gasteiger partial charge in [-0.3, -0.25) is 4.79 Å². The van der Waals surface area contributed by atoms with Gasteiger partial charge in [0.05, 0.1) is 6.54 Å². The number of hydrogen-bond donors (Lipinski definition) is 1. The van der Waals surface area contributed by atoms with Gasteiger partial charge >= 0.3 is 0 Å². The Morgan fingerprint density at radius 1 is 1.19 bits per heavy atom.